The molecule has 1 amide bonds. The van der Waals surface area contributed by atoms with Crippen LogP contribution in [0.5, 0.6) is 0 Å². The Bertz CT molecular complexity index is 741. The topological polar surface area (TPSA) is 75.6 Å². The van der Waals surface area contributed by atoms with Crippen molar-refractivity contribution in [1.29, 1.82) is 0 Å². The molecule has 0 fully saturated rings. The van der Waals surface area contributed by atoms with E-state index in [0.29, 0.717) is 11.4 Å². The minimum absolute atomic E-state index is 0.172. The number of aryl methyl sites for hydroxylation is 2. The van der Waals surface area contributed by atoms with E-state index in [1.165, 1.54) is 0 Å². The Balaban J connectivity index is 1.96. The summed E-state index contributed by atoms with van der Waals surface area (Å²) < 4.78 is 1.68. The molecule has 19 heavy (non-hydrogen) atoms. The monoisotopic (exact) mass is 255 g/mol. The number of amides is 1. The van der Waals surface area contributed by atoms with Gasteiger partial charge < -0.3 is 5.32 Å². The molecule has 0 saturated heterocycles. The lowest BCUT2D eigenvalue weighted by Crippen LogP contribution is -2.12. The largest absolute Gasteiger partial charge is 0.306 e. The second-order valence-corrected chi connectivity index (χ2v) is 4.33. The number of fused-ring (bicyclic) bond motifs is 1. The first-order valence-corrected chi connectivity index (χ1v) is 5.91. The number of nitrogens with one attached hydrogen (secondary N) is 2. The van der Waals surface area contributed by atoms with Gasteiger partial charge >= 0.3 is 0 Å². The quantitative estimate of drug-likeness (QED) is 0.733. The van der Waals surface area contributed by atoms with E-state index < -0.39 is 0 Å². The van der Waals surface area contributed by atoms with Crippen molar-refractivity contribution < 1.29 is 4.79 Å². The molecular formula is C13H13N5O. The van der Waals surface area contributed by atoms with Gasteiger partial charge in [-0.25, -0.2) is 4.68 Å². The maximum Gasteiger partial charge on any atom is 0.256 e. The van der Waals surface area contributed by atoms with Crippen LogP contribution in [0.1, 0.15) is 16.1 Å². The zero-order valence-electron chi connectivity index (χ0n) is 10.6. The molecule has 0 aliphatic heterocycles. The highest BCUT2D eigenvalue weighted by Gasteiger charge is 2.15. The molecule has 2 heterocycles. The molecule has 6 nitrogen and oxygen atoms in total. The summed E-state index contributed by atoms with van der Waals surface area (Å²) in [6, 6.07) is 9.05. The number of aromatic nitrogens is 4. The third-order valence-corrected chi connectivity index (χ3v) is 2.99. The minimum Gasteiger partial charge on any atom is -0.306 e. The van der Waals surface area contributed by atoms with E-state index in [1.807, 2.05) is 32.2 Å². The van der Waals surface area contributed by atoms with E-state index in [9.17, 15) is 4.79 Å². The molecule has 0 saturated carbocycles. The van der Waals surface area contributed by atoms with Crippen molar-refractivity contribution in [2.45, 2.75) is 6.92 Å². The highest BCUT2D eigenvalue weighted by molar-refractivity contribution is 6.07. The van der Waals surface area contributed by atoms with E-state index in [2.05, 4.69) is 20.6 Å². The Morgan fingerprint density at radius 2 is 2.05 bits per heavy atom. The van der Waals surface area contributed by atoms with Gasteiger partial charge in [0.2, 0.25) is 0 Å². The fourth-order valence-electron chi connectivity index (χ4n) is 2.10. The highest BCUT2D eigenvalue weighted by atomic mass is 16.1. The first-order valence-electron chi connectivity index (χ1n) is 5.91. The van der Waals surface area contributed by atoms with E-state index in [0.717, 1.165) is 16.7 Å². The Labute approximate surface area is 109 Å². The molecule has 2 N–H and O–H groups in total. The average molecular weight is 255 g/mol. The Kier molecular flexibility index (Phi) is 2.56. The zero-order chi connectivity index (χ0) is 13.4. The Morgan fingerprint density at radius 1 is 1.32 bits per heavy atom. The maximum atomic E-state index is 12.1. The number of aromatic amines is 1. The van der Waals surface area contributed by atoms with Crippen LogP contribution in [-0.2, 0) is 7.05 Å². The second kappa shape index (κ2) is 4.24. The third-order valence-electron chi connectivity index (χ3n) is 2.99. The number of hydrogen-bond acceptors (Lipinski definition) is 3. The molecule has 2 aromatic heterocycles. The second-order valence-electron chi connectivity index (χ2n) is 4.33. The zero-order valence-corrected chi connectivity index (χ0v) is 10.6. The van der Waals surface area contributed by atoms with Gasteiger partial charge in [-0.3, -0.25) is 9.89 Å². The van der Waals surface area contributed by atoms with Gasteiger partial charge in [-0.1, -0.05) is 18.2 Å². The first kappa shape index (κ1) is 11.5. The summed E-state index contributed by atoms with van der Waals surface area (Å²) in [5, 5.41) is 14.9. The predicted molar refractivity (Wildman–Crippen MR) is 72.0 cm³/mol. The third kappa shape index (κ3) is 1.87. The summed E-state index contributed by atoms with van der Waals surface area (Å²) in [6.07, 6.45) is 0. The van der Waals surface area contributed by atoms with E-state index in [1.54, 1.807) is 16.8 Å². The van der Waals surface area contributed by atoms with Crippen molar-refractivity contribution in [3.63, 3.8) is 0 Å². The Hall–Kier alpha value is -2.63. The number of carbonyl (C=O) groups excluding carboxylic acids is 1. The lowest BCUT2D eigenvalue weighted by Gasteiger charge is -2.02. The summed E-state index contributed by atoms with van der Waals surface area (Å²) >= 11 is 0. The van der Waals surface area contributed by atoms with Gasteiger partial charge in [-0.05, 0) is 19.1 Å². The van der Waals surface area contributed by atoms with Crippen LogP contribution in [0.25, 0.3) is 11.0 Å². The number of benzene rings is 1. The van der Waals surface area contributed by atoms with Gasteiger partial charge in [0.05, 0.1) is 11.1 Å². The number of hydrogen-bond donors (Lipinski definition) is 2. The lowest BCUT2D eigenvalue weighted by molar-refractivity contribution is 0.102. The molecule has 0 spiro atoms. The average Bonchev–Trinajstić information content (AvgIpc) is 2.94. The lowest BCUT2D eigenvalue weighted by atomic mass is 10.2. The van der Waals surface area contributed by atoms with E-state index in [-0.39, 0.29) is 5.91 Å². The van der Waals surface area contributed by atoms with Crippen molar-refractivity contribution in [1.82, 2.24) is 20.0 Å². The van der Waals surface area contributed by atoms with Crippen LogP contribution in [0, 0.1) is 6.92 Å². The van der Waals surface area contributed by atoms with Gasteiger partial charge in [0.1, 0.15) is 5.82 Å². The van der Waals surface area contributed by atoms with Crippen molar-refractivity contribution in [2.75, 3.05) is 5.32 Å². The van der Waals surface area contributed by atoms with Crippen LogP contribution in [-0.4, -0.2) is 25.9 Å². The summed E-state index contributed by atoms with van der Waals surface area (Å²) in [5.41, 5.74) is 2.15. The van der Waals surface area contributed by atoms with Gasteiger partial charge in [0.25, 0.3) is 5.91 Å². The molecule has 0 aliphatic rings. The molecule has 3 rings (SSSR count). The SMILES string of the molecule is Cc1nn(C)c2n[nH]c(NC(=O)c3ccccc3)c12. The number of rotatable bonds is 2. The fourth-order valence-corrected chi connectivity index (χ4v) is 2.10. The minimum atomic E-state index is -0.172. The van der Waals surface area contributed by atoms with Crippen LogP contribution in [0.3, 0.4) is 0 Å². The summed E-state index contributed by atoms with van der Waals surface area (Å²) in [5.74, 6) is 0.406. The van der Waals surface area contributed by atoms with Gasteiger partial charge in [-0.2, -0.15) is 10.2 Å². The van der Waals surface area contributed by atoms with Crippen molar-refractivity contribution >= 4 is 22.8 Å². The summed E-state index contributed by atoms with van der Waals surface area (Å²) in [7, 11) is 1.82. The van der Waals surface area contributed by atoms with Crippen molar-refractivity contribution in [3.05, 3.63) is 41.6 Å². The predicted octanol–water partition coefficient (Wildman–Crippen LogP) is 1.86. The van der Waals surface area contributed by atoms with Crippen LogP contribution in [0.15, 0.2) is 30.3 Å². The highest BCUT2D eigenvalue weighted by Crippen LogP contribution is 2.23. The number of carbonyl (C=O) groups is 1. The van der Waals surface area contributed by atoms with E-state index in [4.69, 9.17) is 0 Å². The molecule has 0 radical (unpaired) electrons. The van der Waals surface area contributed by atoms with Crippen LogP contribution in [0.4, 0.5) is 5.82 Å². The van der Waals surface area contributed by atoms with Gasteiger partial charge in [0, 0.05) is 12.6 Å². The molecule has 1 aromatic carbocycles. The molecule has 6 heteroatoms. The number of H-pyrrole nitrogens is 1. The van der Waals surface area contributed by atoms with Crippen LogP contribution >= 0.6 is 0 Å². The molecule has 0 unspecified atom stereocenters. The van der Waals surface area contributed by atoms with Gasteiger partial charge in [-0.15, -0.1) is 0 Å². The van der Waals surface area contributed by atoms with Crippen molar-refractivity contribution in [2.24, 2.45) is 7.05 Å². The molecule has 0 bridgehead atoms. The molecule has 0 aliphatic carbocycles. The van der Waals surface area contributed by atoms with Crippen LogP contribution in [0.2, 0.25) is 0 Å². The Morgan fingerprint density at radius 3 is 2.79 bits per heavy atom. The maximum absolute atomic E-state index is 12.1. The first-order chi connectivity index (χ1) is 9.16. The van der Waals surface area contributed by atoms with E-state index >= 15 is 0 Å². The summed E-state index contributed by atoms with van der Waals surface area (Å²) in [6.45, 7) is 1.88. The molecule has 96 valence electrons. The number of anilines is 1. The van der Waals surface area contributed by atoms with Crippen molar-refractivity contribution in [3.8, 4) is 0 Å². The number of nitrogens with zero attached hydrogens (tertiary/aromatic N) is 3. The van der Waals surface area contributed by atoms with Crippen LogP contribution < -0.4 is 5.32 Å². The molecule has 0 atom stereocenters. The molecule has 3 aromatic rings. The summed E-state index contributed by atoms with van der Waals surface area (Å²) in [4.78, 5) is 12.1. The molecular weight excluding hydrogens is 242 g/mol. The fraction of sp³-hybridized carbons (Fsp3) is 0.154. The van der Waals surface area contributed by atoms with Gasteiger partial charge in [0.15, 0.2) is 5.65 Å². The normalized spacial score (nSPS) is 10.8. The smallest absolute Gasteiger partial charge is 0.256 e. The standard InChI is InChI=1S/C13H13N5O/c1-8-10-11(15-16-12(10)18(2)17-8)14-13(19)9-6-4-3-5-7-9/h3-7H,1-2H3,(H2,14,15,16,19).